The van der Waals surface area contributed by atoms with E-state index in [0.29, 0.717) is 19.0 Å². The van der Waals surface area contributed by atoms with Crippen LogP contribution in [0.15, 0.2) is 0 Å². The highest BCUT2D eigenvalue weighted by molar-refractivity contribution is 5.36. The molecule has 92 valence electrons. The Hall–Kier alpha value is -1.04. The fourth-order valence-corrected chi connectivity index (χ4v) is 1.86. The highest BCUT2D eigenvalue weighted by Gasteiger charge is 2.10. The molecule has 0 saturated heterocycles. The van der Waals surface area contributed by atoms with Gasteiger partial charge in [-0.05, 0) is 25.2 Å². The molecule has 0 rings (SSSR count). The Morgan fingerprint density at radius 1 is 1.31 bits per heavy atom. The summed E-state index contributed by atoms with van der Waals surface area (Å²) in [6, 6.07) is 2.35. The maximum Gasteiger partial charge on any atom is 0.293 e. The van der Waals surface area contributed by atoms with Crippen molar-refractivity contribution in [2.24, 2.45) is 11.8 Å². The first-order chi connectivity index (χ1) is 7.78. The molecular formula is C13H23NO2. The van der Waals surface area contributed by atoms with Gasteiger partial charge >= 0.3 is 0 Å². The highest BCUT2D eigenvalue weighted by atomic mass is 16.5. The van der Waals surface area contributed by atoms with Crippen LogP contribution in [0.25, 0.3) is 0 Å². The van der Waals surface area contributed by atoms with Gasteiger partial charge in [0.15, 0.2) is 0 Å². The van der Waals surface area contributed by atoms with Crippen molar-refractivity contribution in [2.45, 2.75) is 52.4 Å². The SMILES string of the molecule is CCCC(C#N)CCCC(CC)COC=O. The zero-order valence-corrected chi connectivity index (χ0v) is 10.4. The lowest BCUT2D eigenvalue weighted by atomic mass is 9.94. The molecule has 0 aromatic heterocycles. The normalized spacial score (nSPS) is 13.8. The molecular weight excluding hydrogens is 202 g/mol. The largest absolute Gasteiger partial charge is 0.468 e. The van der Waals surface area contributed by atoms with Crippen molar-refractivity contribution in [3.8, 4) is 6.07 Å². The Bertz CT molecular complexity index is 210. The highest BCUT2D eigenvalue weighted by Crippen LogP contribution is 2.18. The minimum atomic E-state index is 0.203. The lowest BCUT2D eigenvalue weighted by Crippen LogP contribution is -2.09. The van der Waals surface area contributed by atoms with Gasteiger partial charge in [0, 0.05) is 5.92 Å². The number of nitriles is 1. The van der Waals surface area contributed by atoms with E-state index in [1.165, 1.54) is 0 Å². The van der Waals surface area contributed by atoms with Crippen molar-refractivity contribution in [3.05, 3.63) is 0 Å². The number of hydrogen-bond acceptors (Lipinski definition) is 3. The molecule has 0 aliphatic carbocycles. The summed E-state index contributed by atoms with van der Waals surface area (Å²) in [5.41, 5.74) is 0. The van der Waals surface area contributed by atoms with E-state index >= 15 is 0 Å². The van der Waals surface area contributed by atoms with Crippen molar-refractivity contribution in [3.63, 3.8) is 0 Å². The number of rotatable bonds is 10. The number of ether oxygens (including phenoxy) is 1. The predicted octanol–water partition coefficient (Wildman–Crippen LogP) is 3.30. The lowest BCUT2D eigenvalue weighted by molar-refractivity contribution is -0.130. The summed E-state index contributed by atoms with van der Waals surface area (Å²) in [5, 5.41) is 8.90. The average Bonchev–Trinajstić information content (AvgIpc) is 2.32. The van der Waals surface area contributed by atoms with Crippen LogP contribution in [-0.2, 0) is 9.53 Å². The number of nitrogens with zero attached hydrogens (tertiary/aromatic N) is 1. The molecule has 0 fully saturated rings. The third-order valence-electron chi connectivity index (χ3n) is 2.96. The Morgan fingerprint density at radius 3 is 2.56 bits per heavy atom. The summed E-state index contributed by atoms with van der Waals surface area (Å²) in [5.74, 6) is 0.653. The minimum absolute atomic E-state index is 0.203. The maximum absolute atomic E-state index is 10.1. The topological polar surface area (TPSA) is 50.1 Å². The van der Waals surface area contributed by atoms with Gasteiger partial charge in [-0.3, -0.25) is 4.79 Å². The molecule has 0 aliphatic rings. The minimum Gasteiger partial charge on any atom is -0.468 e. The fraction of sp³-hybridized carbons (Fsp3) is 0.846. The third kappa shape index (κ3) is 7.28. The van der Waals surface area contributed by atoms with Gasteiger partial charge in [-0.25, -0.2) is 0 Å². The monoisotopic (exact) mass is 225 g/mol. The summed E-state index contributed by atoms with van der Waals surface area (Å²) >= 11 is 0. The van der Waals surface area contributed by atoms with Crippen molar-refractivity contribution in [1.29, 1.82) is 5.26 Å². The van der Waals surface area contributed by atoms with Crippen LogP contribution < -0.4 is 0 Å². The second kappa shape index (κ2) is 10.5. The summed E-state index contributed by atoms with van der Waals surface area (Å²) in [4.78, 5) is 10.1. The molecule has 16 heavy (non-hydrogen) atoms. The second-order valence-corrected chi connectivity index (χ2v) is 4.25. The standard InChI is InChI=1S/C13H23NO2/c1-3-6-13(9-14)8-5-7-12(4-2)10-16-11-15/h11-13H,3-8,10H2,1-2H3. The van der Waals surface area contributed by atoms with Crippen LogP contribution in [0.1, 0.15) is 52.4 Å². The van der Waals surface area contributed by atoms with E-state index in [1.54, 1.807) is 0 Å². The molecule has 0 N–H and O–H groups in total. The molecule has 0 amide bonds. The van der Waals surface area contributed by atoms with Crippen LogP contribution in [0.3, 0.4) is 0 Å². The second-order valence-electron chi connectivity index (χ2n) is 4.25. The molecule has 3 heteroatoms. The van der Waals surface area contributed by atoms with Crippen LogP contribution in [0.4, 0.5) is 0 Å². The quantitative estimate of drug-likeness (QED) is 0.536. The van der Waals surface area contributed by atoms with Crippen molar-refractivity contribution in [1.82, 2.24) is 0 Å². The van der Waals surface area contributed by atoms with Crippen LogP contribution in [0.5, 0.6) is 0 Å². The Morgan fingerprint density at radius 2 is 2.06 bits per heavy atom. The van der Waals surface area contributed by atoms with Gasteiger partial charge in [-0.2, -0.15) is 5.26 Å². The van der Waals surface area contributed by atoms with Crippen molar-refractivity contribution in [2.75, 3.05) is 6.61 Å². The Labute approximate surface area is 98.8 Å². The van der Waals surface area contributed by atoms with Gasteiger partial charge in [0.2, 0.25) is 0 Å². The summed E-state index contributed by atoms with van der Waals surface area (Å²) in [6.07, 6.45) is 6.17. The molecule has 0 saturated carbocycles. The Kier molecular flexibility index (Phi) is 9.80. The van der Waals surface area contributed by atoms with Gasteiger partial charge in [0.05, 0.1) is 12.7 Å². The van der Waals surface area contributed by atoms with Gasteiger partial charge in [-0.15, -0.1) is 0 Å². The molecule has 3 nitrogen and oxygen atoms in total. The van der Waals surface area contributed by atoms with Crippen molar-refractivity contribution < 1.29 is 9.53 Å². The first-order valence-electron chi connectivity index (χ1n) is 6.23. The average molecular weight is 225 g/mol. The van der Waals surface area contributed by atoms with E-state index in [9.17, 15) is 4.79 Å². The lowest BCUT2D eigenvalue weighted by Gasteiger charge is -2.14. The van der Waals surface area contributed by atoms with E-state index in [4.69, 9.17) is 10.00 Å². The summed E-state index contributed by atoms with van der Waals surface area (Å²) in [6.45, 7) is 5.24. The van der Waals surface area contributed by atoms with Crippen molar-refractivity contribution >= 4 is 6.47 Å². The van der Waals surface area contributed by atoms with Crippen LogP contribution in [0, 0.1) is 23.2 Å². The smallest absolute Gasteiger partial charge is 0.293 e. The number of hydrogen-bond donors (Lipinski definition) is 0. The number of carbonyl (C=O) groups excluding carboxylic acids is 1. The van der Waals surface area contributed by atoms with E-state index in [1.807, 2.05) is 0 Å². The third-order valence-corrected chi connectivity index (χ3v) is 2.96. The van der Waals surface area contributed by atoms with Gasteiger partial charge < -0.3 is 4.74 Å². The van der Waals surface area contributed by atoms with E-state index in [-0.39, 0.29) is 5.92 Å². The Balaban J connectivity index is 3.67. The zero-order valence-electron chi connectivity index (χ0n) is 10.4. The fourth-order valence-electron chi connectivity index (χ4n) is 1.86. The molecule has 0 radical (unpaired) electrons. The molecule has 0 bridgehead atoms. The summed E-state index contributed by atoms with van der Waals surface area (Å²) < 4.78 is 4.77. The summed E-state index contributed by atoms with van der Waals surface area (Å²) in [7, 11) is 0. The first kappa shape index (κ1) is 15.0. The molecule has 0 aliphatic heterocycles. The van der Waals surface area contributed by atoms with Gasteiger partial charge in [0.25, 0.3) is 6.47 Å². The van der Waals surface area contributed by atoms with E-state index < -0.39 is 0 Å². The molecule has 0 heterocycles. The maximum atomic E-state index is 10.1. The molecule has 2 atom stereocenters. The zero-order chi connectivity index (χ0) is 12.2. The van der Waals surface area contributed by atoms with Gasteiger partial charge in [-0.1, -0.05) is 33.1 Å². The van der Waals surface area contributed by atoms with Crippen LogP contribution >= 0.6 is 0 Å². The molecule has 2 unspecified atom stereocenters. The van der Waals surface area contributed by atoms with Gasteiger partial charge in [0.1, 0.15) is 0 Å². The molecule has 0 aromatic rings. The number of carbonyl (C=O) groups is 1. The molecule has 0 aromatic carbocycles. The van der Waals surface area contributed by atoms with Crippen LogP contribution in [0.2, 0.25) is 0 Å². The van der Waals surface area contributed by atoms with E-state index in [2.05, 4.69) is 19.9 Å². The van der Waals surface area contributed by atoms with E-state index in [0.717, 1.165) is 38.5 Å². The van der Waals surface area contributed by atoms with Crippen LogP contribution in [-0.4, -0.2) is 13.1 Å². The predicted molar refractivity (Wildman–Crippen MR) is 63.7 cm³/mol. The molecule has 0 spiro atoms. The first-order valence-corrected chi connectivity index (χ1v) is 6.23.